The zero-order valence-electron chi connectivity index (χ0n) is 12.7. The summed E-state index contributed by atoms with van der Waals surface area (Å²) in [4.78, 5) is 29.5. The molecule has 24 heavy (non-hydrogen) atoms. The van der Waals surface area contributed by atoms with Crippen molar-refractivity contribution in [3.05, 3.63) is 59.9 Å². The van der Waals surface area contributed by atoms with Crippen LogP contribution in [0.25, 0.3) is 0 Å². The highest BCUT2D eigenvalue weighted by Gasteiger charge is 2.35. The summed E-state index contributed by atoms with van der Waals surface area (Å²) in [7, 11) is 0. The highest BCUT2D eigenvalue weighted by molar-refractivity contribution is 6.00. The molecule has 3 rings (SSSR count). The van der Waals surface area contributed by atoms with Crippen molar-refractivity contribution in [2.24, 2.45) is 5.92 Å². The number of pyridine rings is 1. The van der Waals surface area contributed by atoms with Gasteiger partial charge in [-0.05, 0) is 23.8 Å². The number of hydrogen-bond acceptors (Lipinski definition) is 3. The number of benzene rings is 1. The molecule has 1 saturated heterocycles. The van der Waals surface area contributed by atoms with Gasteiger partial charge in [-0.25, -0.2) is 8.78 Å². The maximum absolute atomic E-state index is 13.3. The molecule has 5 nitrogen and oxygen atoms in total. The SMILES string of the molecule is O=C(NCc1cccnc1)C1CC(=O)N(c2cc(F)cc(F)c2)C1. The molecule has 0 bridgehead atoms. The van der Waals surface area contributed by atoms with Crippen LogP contribution in [0.5, 0.6) is 0 Å². The first-order chi connectivity index (χ1) is 11.5. The topological polar surface area (TPSA) is 62.3 Å². The van der Waals surface area contributed by atoms with Crippen LogP contribution in [0.3, 0.4) is 0 Å². The summed E-state index contributed by atoms with van der Waals surface area (Å²) >= 11 is 0. The van der Waals surface area contributed by atoms with Crippen LogP contribution >= 0.6 is 0 Å². The Bertz CT molecular complexity index is 747. The number of carbonyl (C=O) groups is 2. The third-order valence-corrected chi connectivity index (χ3v) is 3.84. The van der Waals surface area contributed by atoms with Gasteiger partial charge in [0.15, 0.2) is 0 Å². The van der Waals surface area contributed by atoms with E-state index in [9.17, 15) is 18.4 Å². The molecular weight excluding hydrogens is 316 g/mol. The number of nitrogens with one attached hydrogen (secondary N) is 1. The summed E-state index contributed by atoms with van der Waals surface area (Å²) in [6.45, 7) is 0.409. The lowest BCUT2D eigenvalue weighted by molar-refractivity contribution is -0.126. The van der Waals surface area contributed by atoms with Crippen molar-refractivity contribution in [3.63, 3.8) is 0 Å². The standard InChI is InChI=1S/C17H15F2N3O2/c18-13-5-14(19)7-15(6-13)22-10-12(4-16(22)23)17(24)21-9-11-2-1-3-20-8-11/h1-3,5-8,12H,4,9-10H2,(H,21,24). The first-order valence-corrected chi connectivity index (χ1v) is 7.46. The van der Waals surface area contributed by atoms with E-state index in [-0.39, 0.29) is 30.5 Å². The number of rotatable bonds is 4. The molecule has 2 aromatic rings. The van der Waals surface area contributed by atoms with Crippen LogP contribution in [-0.2, 0) is 16.1 Å². The number of halogens is 2. The molecule has 2 amide bonds. The molecule has 7 heteroatoms. The summed E-state index contributed by atoms with van der Waals surface area (Å²) < 4.78 is 26.6. The molecule has 1 N–H and O–H groups in total. The van der Waals surface area contributed by atoms with Crippen molar-refractivity contribution in [1.29, 1.82) is 0 Å². The second-order valence-electron chi connectivity index (χ2n) is 5.61. The average Bonchev–Trinajstić information content (AvgIpc) is 2.95. The average molecular weight is 331 g/mol. The van der Waals surface area contributed by atoms with Gasteiger partial charge in [-0.2, -0.15) is 0 Å². The van der Waals surface area contributed by atoms with Gasteiger partial charge in [0.1, 0.15) is 11.6 Å². The third kappa shape index (κ3) is 3.56. The van der Waals surface area contributed by atoms with Gasteiger partial charge >= 0.3 is 0 Å². The monoisotopic (exact) mass is 331 g/mol. The summed E-state index contributed by atoms with van der Waals surface area (Å²) in [6.07, 6.45) is 3.29. The Hall–Kier alpha value is -2.83. The van der Waals surface area contributed by atoms with Crippen LogP contribution in [0.1, 0.15) is 12.0 Å². The molecule has 1 fully saturated rings. The maximum Gasteiger partial charge on any atom is 0.227 e. The first kappa shape index (κ1) is 16.0. The lowest BCUT2D eigenvalue weighted by Gasteiger charge is -2.17. The third-order valence-electron chi connectivity index (χ3n) is 3.84. The summed E-state index contributed by atoms with van der Waals surface area (Å²) in [5, 5.41) is 2.75. The van der Waals surface area contributed by atoms with Crippen molar-refractivity contribution < 1.29 is 18.4 Å². The van der Waals surface area contributed by atoms with Crippen molar-refractivity contribution >= 4 is 17.5 Å². The molecule has 0 aliphatic carbocycles. The molecule has 2 heterocycles. The molecule has 1 atom stereocenters. The van der Waals surface area contributed by atoms with E-state index in [4.69, 9.17) is 0 Å². The van der Waals surface area contributed by atoms with Crippen molar-refractivity contribution in [3.8, 4) is 0 Å². The van der Waals surface area contributed by atoms with Crippen molar-refractivity contribution in [2.75, 3.05) is 11.4 Å². The molecule has 1 aromatic heterocycles. The van der Waals surface area contributed by atoms with Gasteiger partial charge < -0.3 is 10.2 Å². The number of anilines is 1. The van der Waals surface area contributed by atoms with Gasteiger partial charge in [-0.1, -0.05) is 6.07 Å². The Morgan fingerprint density at radius 1 is 1.29 bits per heavy atom. The van der Waals surface area contributed by atoms with Crippen LogP contribution in [0.4, 0.5) is 14.5 Å². The Morgan fingerprint density at radius 3 is 2.71 bits per heavy atom. The second-order valence-corrected chi connectivity index (χ2v) is 5.61. The zero-order chi connectivity index (χ0) is 17.1. The predicted octanol–water partition coefficient (Wildman–Crippen LogP) is 2.03. The van der Waals surface area contributed by atoms with E-state index in [2.05, 4.69) is 10.3 Å². The second kappa shape index (κ2) is 6.74. The number of aromatic nitrogens is 1. The largest absolute Gasteiger partial charge is 0.352 e. The van der Waals surface area contributed by atoms with Crippen molar-refractivity contribution in [2.45, 2.75) is 13.0 Å². The number of nitrogens with zero attached hydrogens (tertiary/aromatic N) is 2. The Labute approximate surface area is 137 Å². The zero-order valence-corrected chi connectivity index (χ0v) is 12.7. The Kier molecular flexibility index (Phi) is 4.50. The number of amides is 2. The molecule has 1 aliphatic heterocycles. The minimum Gasteiger partial charge on any atom is -0.352 e. The van der Waals surface area contributed by atoms with Gasteiger partial charge in [0.05, 0.1) is 5.92 Å². The lowest BCUT2D eigenvalue weighted by Crippen LogP contribution is -2.32. The van der Waals surface area contributed by atoms with E-state index in [1.165, 1.54) is 4.90 Å². The smallest absolute Gasteiger partial charge is 0.227 e. The van der Waals surface area contributed by atoms with Crippen molar-refractivity contribution in [1.82, 2.24) is 10.3 Å². The summed E-state index contributed by atoms with van der Waals surface area (Å²) in [6, 6.07) is 6.49. The maximum atomic E-state index is 13.3. The molecule has 1 aromatic carbocycles. The highest BCUT2D eigenvalue weighted by atomic mass is 19.1. The fraction of sp³-hybridized carbons (Fsp3) is 0.235. The van der Waals surface area contributed by atoms with Gasteiger partial charge in [0, 0.05) is 43.7 Å². The highest BCUT2D eigenvalue weighted by Crippen LogP contribution is 2.26. The first-order valence-electron chi connectivity index (χ1n) is 7.46. The van der Waals surface area contributed by atoms with Crippen LogP contribution in [-0.4, -0.2) is 23.3 Å². The van der Waals surface area contributed by atoms with Gasteiger partial charge in [0.2, 0.25) is 11.8 Å². The van der Waals surface area contributed by atoms with E-state index in [1.54, 1.807) is 18.5 Å². The van der Waals surface area contributed by atoms with E-state index >= 15 is 0 Å². The summed E-state index contributed by atoms with van der Waals surface area (Å²) in [5.74, 6) is -2.68. The summed E-state index contributed by atoms with van der Waals surface area (Å²) in [5.41, 5.74) is 0.972. The molecular formula is C17H15F2N3O2. The van der Waals surface area contributed by atoms with Crippen LogP contribution in [0, 0.1) is 17.6 Å². The minimum atomic E-state index is -0.762. The van der Waals surface area contributed by atoms with E-state index in [0.717, 1.165) is 23.8 Å². The van der Waals surface area contributed by atoms with E-state index in [0.29, 0.717) is 6.54 Å². The minimum absolute atomic E-state index is 0.0109. The molecule has 1 aliphatic rings. The molecule has 0 saturated carbocycles. The molecule has 0 radical (unpaired) electrons. The number of hydrogen-bond donors (Lipinski definition) is 1. The van der Waals surface area contributed by atoms with Crippen LogP contribution < -0.4 is 10.2 Å². The fourth-order valence-electron chi connectivity index (χ4n) is 2.66. The Morgan fingerprint density at radius 2 is 2.04 bits per heavy atom. The fourth-order valence-corrected chi connectivity index (χ4v) is 2.66. The number of carbonyl (C=O) groups excluding carboxylic acids is 2. The lowest BCUT2D eigenvalue weighted by atomic mass is 10.1. The predicted molar refractivity (Wildman–Crippen MR) is 82.9 cm³/mol. The van der Waals surface area contributed by atoms with Gasteiger partial charge in [-0.15, -0.1) is 0 Å². The Balaban J connectivity index is 1.64. The molecule has 1 unspecified atom stereocenters. The van der Waals surface area contributed by atoms with Gasteiger partial charge in [0.25, 0.3) is 0 Å². The van der Waals surface area contributed by atoms with Crippen LogP contribution in [0.2, 0.25) is 0 Å². The van der Waals surface area contributed by atoms with Gasteiger partial charge in [-0.3, -0.25) is 14.6 Å². The molecule has 124 valence electrons. The molecule has 0 spiro atoms. The van der Waals surface area contributed by atoms with Crippen LogP contribution in [0.15, 0.2) is 42.7 Å². The van der Waals surface area contributed by atoms with E-state index < -0.39 is 17.6 Å². The van der Waals surface area contributed by atoms with E-state index in [1.807, 2.05) is 6.07 Å². The normalized spacial score (nSPS) is 17.2. The quantitative estimate of drug-likeness (QED) is 0.932.